The molecule has 1 unspecified atom stereocenters. The summed E-state index contributed by atoms with van der Waals surface area (Å²) >= 11 is 2.22. The summed E-state index contributed by atoms with van der Waals surface area (Å²) in [7, 11) is 0. The molecule has 0 spiro atoms. The average Bonchev–Trinajstić information content (AvgIpc) is 1.63. The highest BCUT2D eigenvalue weighted by atomic mass is 127. The predicted octanol–water partition coefficient (Wildman–Crippen LogP) is 1.89. The van der Waals surface area contributed by atoms with E-state index in [2.05, 4.69) is 27.3 Å². The van der Waals surface area contributed by atoms with E-state index in [1.807, 2.05) is 6.92 Å². The Bertz CT molecular complexity index is 92.2. The Labute approximate surface area is 67.5 Å². The molecule has 0 amide bonds. The number of carbonyl (C=O) groups is 1. The predicted molar refractivity (Wildman–Crippen MR) is 42.1 cm³/mol. The van der Waals surface area contributed by atoms with Crippen molar-refractivity contribution in [1.29, 1.82) is 0 Å². The summed E-state index contributed by atoms with van der Waals surface area (Å²) in [6.45, 7) is 2.31. The van der Waals surface area contributed by atoms with E-state index in [0.29, 0.717) is 10.5 Å². The average molecular weight is 244 g/mol. The first-order valence-electron chi connectivity index (χ1n) is 2.62. The van der Waals surface area contributed by atoms with Crippen molar-refractivity contribution < 1.29 is 14.6 Å². The van der Waals surface area contributed by atoms with E-state index in [0.717, 1.165) is 6.42 Å². The van der Waals surface area contributed by atoms with Crippen molar-refractivity contribution in [1.82, 2.24) is 0 Å². The Morgan fingerprint density at radius 1 is 1.89 bits per heavy atom. The second kappa shape index (κ2) is 4.84. The van der Waals surface area contributed by atoms with Gasteiger partial charge in [-0.3, -0.25) is 0 Å². The van der Waals surface area contributed by atoms with Gasteiger partial charge in [0.1, 0.15) is 0 Å². The second-order valence-electron chi connectivity index (χ2n) is 1.68. The maximum atomic E-state index is 9.76. The van der Waals surface area contributed by atoms with E-state index in [1.54, 1.807) is 0 Å². The van der Waals surface area contributed by atoms with Crippen LogP contribution in [-0.2, 0) is 4.74 Å². The van der Waals surface area contributed by atoms with Gasteiger partial charge in [-0.15, -0.1) is 0 Å². The summed E-state index contributed by atoms with van der Waals surface area (Å²) in [5.74, 6) is 0. The molecule has 0 saturated carbocycles. The first-order valence-corrected chi connectivity index (χ1v) is 3.87. The van der Waals surface area contributed by atoms with Gasteiger partial charge in [0.25, 0.3) is 0 Å². The molecular formula is C5H9IO3. The fourth-order valence-electron chi connectivity index (χ4n) is 0.309. The number of rotatable bonds is 3. The summed E-state index contributed by atoms with van der Waals surface area (Å²) in [6, 6.07) is 0. The van der Waals surface area contributed by atoms with E-state index in [-0.39, 0.29) is 0 Å². The normalized spacial score (nSPS) is 12.7. The van der Waals surface area contributed by atoms with E-state index in [1.165, 1.54) is 0 Å². The molecule has 0 heterocycles. The zero-order chi connectivity index (χ0) is 7.28. The van der Waals surface area contributed by atoms with Crippen LogP contribution >= 0.6 is 22.6 Å². The molecule has 0 bridgehead atoms. The van der Waals surface area contributed by atoms with Crippen LogP contribution in [0, 0.1) is 0 Å². The molecule has 0 aliphatic carbocycles. The van der Waals surface area contributed by atoms with Gasteiger partial charge in [-0.1, -0.05) is 29.5 Å². The lowest BCUT2D eigenvalue weighted by molar-refractivity contribution is 0.0911. The van der Waals surface area contributed by atoms with Crippen LogP contribution < -0.4 is 0 Å². The van der Waals surface area contributed by atoms with E-state index >= 15 is 0 Å². The molecule has 9 heavy (non-hydrogen) atoms. The lowest BCUT2D eigenvalue weighted by Gasteiger charge is -2.00. The van der Waals surface area contributed by atoms with E-state index in [9.17, 15) is 4.79 Å². The van der Waals surface area contributed by atoms with Crippen molar-refractivity contribution in [3.63, 3.8) is 0 Å². The molecule has 0 aromatic heterocycles. The Balaban J connectivity index is 3.01. The number of halogens is 1. The third-order valence-corrected chi connectivity index (χ3v) is 1.36. The summed E-state index contributed by atoms with van der Waals surface area (Å²) in [5, 5.41) is 8.00. The first-order chi connectivity index (χ1) is 4.13. The highest BCUT2D eigenvalue weighted by molar-refractivity contribution is 14.1. The molecule has 0 rings (SSSR count). The zero-order valence-electron chi connectivity index (χ0n) is 5.13. The Morgan fingerprint density at radius 3 is 2.78 bits per heavy atom. The summed E-state index contributed by atoms with van der Waals surface area (Å²) in [6.07, 6.45) is -0.403. The smallest absolute Gasteiger partial charge is 0.450 e. The molecule has 0 saturated heterocycles. The minimum atomic E-state index is -1.19. The van der Waals surface area contributed by atoms with Gasteiger partial charge < -0.3 is 9.84 Å². The minimum Gasteiger partial charge on any atom is -0.450 e. The van der Waals surface area contributed by atoms with Crippen molar-refractivity contribution in [2.24, 2.45) is 0 Å². The molecule has 0 aliphatic rings. The zero-order valence-corrected chi connectivity index (χ0v) is 7.29. The third kappa shape index (κ3) is 8.00. The Morgan fingerprint density at radius 2 is 2.44 bits per heavy atom. The van der Waals surface area contributed by atoms with Gasteiger partial charge in [0.2, 0.25) is 0 Å². The van der Waals surface area contributed by atoms with Gasteiger partial charge in [-0.25, -0.2) is 4.79 Å². The maximum Gasteiger partial charge on any atom is 0.505 e. The van der Waals surface area contributed by atoms with Crippen LogP contribution in [0.15, 0.2) is 0 Å². The fraction of sp³-hybridized carbons (Fsp3) is 0.800. The van der Waals surface area contributed by atoms with Crippen LogP contribution in [0.3, 0.4) is 0 Å². The fourth-order valence-corrected chi connectivity index (χ4v) is 0.563. The van der Waals surface area contributed by atoms with Gasteiger partial charge in [0.15, 0.2) is 0 Å². The van der Waals surface area contributed by atoms with Crippen LogP contribution in [0.5, 0.6) is 0 Å². The van der Waals surface area contributed by atoms with Crippen molar-refractivity contribution in [3.05, 3.63) is 0 Å². The monoisotopic (exact) mass is 244 g/mol. The summed E-state index contributed by atoms with van der Waals surface area (Å²) < 4.78 is 4.74. The first kappa shape index (κ1) is 9.00. The Kier molecular flexibility index (Phi) is 4.84. The van der Waals surface area contributed by atoms with Gasteiger partial charge in [-0.05, 0) is 6.42 Å². The van der Waals surface area contributed by atoms with Crippen molar-refractivity contribution >= 4 is 28.7 Å². The molecule has 1 atom stereocenters. The number of hydrogen-bond acceptors (Lipinski definition) is 2. The third-order valence-electron chi connectivity index (χ3n) is 0.741. The quantitative estimate of drug-likeness (QED) is 0.468. The standard InChI is InChI=1S/C5H9IO3/c1-4(6)2-3-9-5(7)8/h4H,2-3H2,1H3,(H,7,8). The number of alkyl halides is 1. The van der Waals surface area contributed by atoms with Crippen molar-refractivity contribution in [3.8, 4) is 0 Å². The maximum absolute atomic E-state index is 9.76. The lowest BCUT2D eigenvalue weighted by atomic mass is 10.4. The topological polar surface area (TPSA) is 46.5 Å². The van der Waals surface area contributed by atoms with Gasteiger partial charge in [0, 0.05) is 3.92 Å². The molecule has 0 radical (unpaired) electrons. The molecular weight excluding hydrogens is 235 g/mol. The van der Waals surface area contributed by atoms with Gasteiger partial charge in [0.05, 0.1) is 6.61 Å². The summed E-state index contributed by atoms with van der Waals surface area (Å²) in [4.78, 5) is 9.76. The van der Waals surface area contributed by atoms with Gasteiger partial charge in [-0.2, -0.15) is 0 Å². The molecule has 0 aliphatic heterocycles. The SMILES string of the molecule is CC(I)CCOC(=O)O. The van der Waals surface area contributed by atoms with E-state index < -0.39 is 6.16 Å². The van der Waals surface area contributed by atoms with Crippen LogP contribution in [0.2, 0.25) is 0 Å². The highest BCUT2D eigenvalue weighted by Gasteiger charge is 1.98. The Hall–Kier alpha value is 0. The summed E-state index contributed by atoms with van der Waals surface area (Å²) in [5.41, 5.74) is 0. The second-order valence-corrected chi connectivity index (χ2v) is 3.81. The molecule has 4 heteroatoms. The van der Waals surface area contributed by atoms with Crippen molar-refractivity contribution in [2.45, 2.75) is 17.3 Å². The van der Waals surface area contributed by atoms with Crippen LogP contribution in [0.25, 0.3) is 0 Å². The molecule has 0 aromatic carbocycles. The molecule has 54 valence electrons. The lowest BCUT2D eigenvalue weighted by Crippen LogP contribution is -2.04. The number of ether oxygens (including phenoxy) is 1. The van der Waals surface area contributed by atoms with Crippen molar-refractivity contribution in [2.75, 3.05) is 6.61 Å². The number of hydrogen-bond donors (Lipinski definition) is 1. The molecule has 0 fully saturated rings. The minimum absolute atomic E-state index is 0.305. The molecule has 1 N–H and O–H groups in total. The van der Waals surface area contributed by atoms with Gasteiger partial charge >= 0.3 is 6.16 Å². The van der Waals surface area contributed by atoms with Crippen LogP contribution in [0.1, 0.15) is 13.3 Å². The van der Waals surface area contributed by atoms with Crippen LogP contribution in [-0.4, -0.2) is 21.8 Å². The largest absolute Gasteiger partial charge is 0.505 e. The highest BCUT2D eigenvalue weighted by Crippen LogP contribution is 2.03. The van der Waals surface area contributed by atoms with Crippen LogP contribution in [0.4, 0.5) is 4.79 Å². The number of carboxylic acid groups (broad SMARTS) is 1. The molecule has 3 nitrogen and oxygen atoms in total. The van der Waals surface area contributed by atoms with E-state index in [4.69, 9.17) is 5.11 Å². The molecule has 0 aromatic rings.